The lowest BCUT2D eigenvalue weighted by atomic mass is 10.0. The van der Waals surface area contributed by atoms with E-state index in [9.17, 15) is 4.79 Å². The maximum absolute atomic E-state index is 12.1. The first-order chi connectivity index (χ1) is 12.7. The van der Waals surface area contributed by atoms with Crippen molar-refractivity contribution in [3.05, 3.63) is 82.9 Å². The molecule has 5 heteroatoms. The van der Waals surface area contributed by atoms with Crippen molar-refractivity contribution in [3.8, 4) is 0 Å². The van der Waals surface area contributed by atoms with Gasteiger partial charge in [0.05, 0.1) is 5.02 Å². The number of esters is 1. The van der Waals surface area contributed by atoms with Gasteiger partial charge in [-0.2, -0.15) is 0 Å². The lowest BCUT2D eigenvalue weighted by molar-refractivity contribution is -0.137. The lowest BCUT2D eigenvalue weighted by Gasteiger charge is -2.09. The fraction of sp³-hybridized carbons (Fsp3) is 0.143. The Bertz CT molecular complexity index is 938. The first-order valence-electron chi connectivity index (χ1n) is 8.27. The van der Waals surface area contributed by atoms with Crippen molar-refractivity contribution >= 4 is 34.1 Å². The van der Waals surface area contributed by atoms with Gasteiger partial charge < -0.3 is 9.94 Å². The van der Waals surface area contributed by atoms with Crippen molar-refractivity contribution in [1.29, 1.82) is 0 Å². The highest BCUT2D eigenvalue weighted by atomic mass is 35.5. The highest BCUT2D eigenvalue weighted by Gasteiger charge is 2.15. The SMILES string of the molecule is O=C(OCc1ccccc1)/C(CCc1ccc2ccccc2c1Cl)=N/O. The van der Waals surface area contributed by atoms with E-state index >= 15 is 0 Å². The van der Waals surface area contributed by atoms with Gasteiger partial charge in [-0.3, -0.25) is 0 Å². The predicted molar refractivity (Wildman–Crippen MR) is 103 cm³/mol. The van der Waals surface area contributed by atoms with Crippen molar-refractivity contribution in [1.82, 2.24) is 0 Å². The molecule has 0 heterocycles. The molecule has 0 aliphatic rings. The summed E-state index contributed by atoms with van der Waals surface area (Å²) in [6.45, 7) is 0.134. The van der Waals surface area contributed by atoms with Crippen LogP contribution in [0.25, 0.3) is 10.8 Å². The highest BCUT2D eigenvalue weighted by Crippen LogP contribution is 2.28. The number of oxime groups is 1. The summed E-state index contributed by atoms with van der Waals surface area (Å²) >= 11 is 6.47. The van der Waals surface area contributed by atoms with Crippen molar-refractivity contribution in [2.24, 2.45) is 5.16 Å². The molecule has 26 heavy (non-hydrogen) atoms. The quantitative estimate of drug-likeness (QED) is 0.288. The van der Waals surface area contributed by atoms with E-state index in [0.29, 0.717) is 11.4 Å². The Morgan fingerprint density at radius 1 is 1.00 bits per heavy atom. The minimum absolute atomic E-state index is 0.0230. The molecule has 3 rings (SSSR count). The Morgan fingerprint density at radius 3 is 2.50 bits per heavy atom. The minimum Gasteiger partial charge on any atom is -0.456 e. The molecule has 4 nitrogen and oxygen atoms in total. The Balaban J connectivity index is 1.64. The normalized spacial score (nSPS) is 11.5. The van der Waals surface area contributed by atoms with Crippen LogP contribution in [0, 0.1) is 0 Å². The monoisotopic (exact) mass is 367 g/mol. The van der Waals surface area contributed by atoms with E-state index in [1.165, 1.54) is 0 Å². The van der Waals surface area contributed by atoms with E-state index in [1.807, 2.05) is 66.7 Å². The Hall–Kier alpha value is -2.85. The van der Waals surface area contributed by atoms with Crippen LogP contribution in [0.1, 0.15) is 17.5 Å². The van der Waals surface area contributed by atoms with Crippen molar-refractivity contribution in [3.63, 3.8) is 0 Å². The number of fused-ring (bicyclic) bond motifs is 1. The molecule has 0 fully saturated rings. The Labute approximate surface area is 156 Å². The molecule has 0 aliphatic heterocycles. The van der Waals surface area contributed by atoms with Gasteiger partial charge in [0.25, 0.3) is 0 Å². The summed E-state index contributed by atoms with van der Waals surface area (Å²) in [4.78, 5) is 12.1. The summed E-state index contributed by atoms with van der Waals surface area (Å²) in [7, 11) is 0. The van der Waals surface area contributed by atoms with Gasteiger partial charge >= 0.3 is 5.97 Å². The molecule has 0 spiro atoms. The van der Waals surface area contributed by atoms with Crippen LogP contribution in [0.5, 0.6) is 0 Å². The average molecular weight is 368 g/mol. The molecule has 0 unspecified atom stereocenters. The number of hydrogen-bond acceptors (Lipinski definition) is 4. The van der Waals surface area contributed by atoms with Gasteiger partial charge in [0.2, 0.25) is 0 Å². The second-order valence-corrected chi connectivity index (χ2v) is 6.25. The second-order valence-electron chi connectivity index (χ2n) is 5.87. The van der Waals surface area contributed by atoms with Gasteiger partial charge in [0.15, 0.2) is 5.71 Å². The van der Waals surface area contributed by atoms with Gasteiger partial charge in [-0.25, -0.2) is 4.79 Å². The summed E-state index contributed by atoms with van der Waals surface area (Å²) < 4.78 is 5.21. The minimum atomic E-state index is -0.631. The third-order valence-corrected chi connectivity index (χ3v) is 4.59. The molecule has 0 aromatic heterocycles. The van der Waals surface area contributed by atoms with E-state index < -0.39 is 5.97 Å². The van der Waals surface area contributed by atoms with Crippen molar-refractivity contribution in [2.45, 2.75) is 19.4 Å². The second kappa shape index (κ2) is 8.50. The smallest absolute Gasteiger partial charge is 0.356 e. The third-order valence-electron chi connectivity index (χ3n) is 4.14. The van der Waals surface area contributed by atoms with Crippen LogP contribution in [0.3, 0.4) is 0 Å². The van der Waals surface area contributed by atoms with Crippen LogP contribution in [-0.4, -0.2) is 16.9 Å². The van der Waals surface area contributed by atoms with Crippen LogP contribution < -0.4 is 0 Å². The van der Waals surface area contributed by atoms with Gasteiger partial charge in [0.1, 0.15) is 6.61 Å². The molecular weight excluding hydrogens is 350 g/mol. The fourth-order valence-corrected chi connectivity index (χ4v) is 3.05. The molecular formula is C21H18ClNO3. The zero-order valence-corrected chi connectivity index (χ0v) is 14.8. The van der Waals surface area contributed by atoms with E-state index in [2.05, 4.69) is 5.16 Å². The van der Waals surface area contributed by atoms with Gasteiger partial charge in [-0.05, 0) is 22.9 Å². The molecule has 0 atom stereocenters. The van der Waals surface area contributed by atoms with Gasteiger partial charge in [-0.15, -0.1) is 0 Å². The molecule has 0 aliphatic carbocycles. The van der Waals surface area contributed by atoms with Gasteiger partial charge in [0, 0.05) is 11.8 Å². The number of carbonyl (C=O) groups is 1. The van der Waals surface area contributed by atoms with Crippen LogP contribution >= 0.6 is 11.6 Å². The number of aryl methyl sites for hydroxylation is 1. The van der Waals surface area contributed by atoms with E-state index in [4.69, 9.17) is 21.5 Å². The van der Waals surface area contributed by atoms with E-state index in [1.54, 1.807) is 0 Å². The zero-order valence-electron chi connectivity index (χ0n) is 14.1. The summed E-state index contributed by atoms with van der Waals surface area (Å²) in [6, 6.07) is 21.1. The molecule has 1 N–H and O–H groups in total. The van der Waals surface area contributed by atoms with Crippen LogP contribution in [0.2, 0.25) is 5.02 Å². The number of rotatable bonds is 6. The maximum atomic E-state index is 12.1. The zero-order chi connectivity index (χ0) is 18.4. The van der Waals surface area contributed by atoms with Crippen LogP contribution in [0.15, 0.2) is 71.9 Å². The first kappa shape index (κ1) is 18.0. The number of ether oxygens (including phenoxy) is 1. The summed E-state index contributed by atoms with van der Waals surface area (Å²) in [5.41, 5.74) is 1.74. The fourth-order valence-electron chi connectivity index (χ4n) is 2.72. The molecule has 3 aromatic carbocycles. The third kappa shape index (κ3) is 4.21. The number of nitrogens with zero attached hydrogens (tertiary/aromatic N) is 1. The number of benzene rings is 3. The van der Waals surface area contributed by atoms with E-state index in [-0.39, 0.29) is 18.7 Å². The maximum Gasteiger partial charge on any atom is 0.356 e. The largest absolute Gasteiger partial charge is 0.456 e. The number of hydrogen-bond donors (Lipinski definition) is 1. The number of carbonyl (C=O) groups excluding carboxylic acids is 1. The Kier molecular flexibility index (Phi) is 5.87. The molecule has 0 amide bonds. The van der Waals surface area contributed by atoms with Crippen LogP contribution in [-0.2, 0) is 22.6 Å². The molecule has 0 saturated carbocycles. The summed E-state index contributed by atoms with van der Waals surface area (Å²) in [5.74, 6) is -0.631. The predicted octanol–water partition coefficient (Wildman–Crippen LogP) is 5.00. The van der Waals surface area contributed by atoms with Gasteiger partial charge in [-0.1, -0.05) is 83.5 Å². The average Bonchev–Trinajstić information content (AvgIpc) is 2.69. The topological polar surface area (TPSA) is 58.9 Å². The van der Waals surface area contributed by atoms with Crippen molar-refractivity contribution in [2.75, 3.05) is 0 Å². The first-order valence-corrected chi connectivity index (χ1v) is 8.65. The molecule has 132 valence electrons. The standard InChI is InChI=1S/C21H18ClNO3/c22-20-17(11-10-16-8-4-5-9-18(16)20)12-13-19(23-25)21(24)26-14-15-6-2-1-3-7-15/h1-11,25H,12-14H2/b23-19+. The van der Waals surface area contributed by atoms with E-state index in [0.717, 1.165) is 21.9 Å². The molecule has 3 aromatic rings. The molecule has 0 bridgehead atoms. The summed E-state index contributed by atoms with van der Waals surface area (Å²) in [6.07, 6.45) is 0.714. The molecule has 0 radical (unpaired) electrons. The summed E-state index contributed by atoms with van der Waals surface area (Å²) in [5, 5.41) is 14.9. The van der Waals surface area contributed by atoms with Crippen molar-refractivity contribution < 1.29 is 14.7 Å². The lowest BCUT2D eigenvalue weighted by Crippen LogP contribution is -2.18. The highest BCUT2D eigenvalue weighted by molar-refractivity contribution is 6.37. The number of halogens is 1. The van der Waals surface area contributed by atoms with Crippen LogP contribution in [0.4, 0.5) is 0 Å². The Morgan fingerprint density at radius 2 is 1.73 bits per heavy atom. The molecule has 0 saturated heterocycles.